The second kappa shape index (κ2) is 5.21. The Bertz CT molecular complexity index is 465. The van der Waals surface area contributed by atoms with Crippen molar-refractivity contribution in [2.75, 3.05) is 0 Å². The molecule has 2 rings (SSSR count). The molecular formula is C14H14N2. The Morgan fingerprint density at radius 1 is 1.06 bits per heavy atom. The second-order valence-corrected chi connectivity index (χ2v) is 3.74. The van der Waals surface area contributed by atoms with Gasteiger partial charge in [0.15, 0.2) is 0 Å². The second-order valence-electron chi connectivity index (χ2n) is 3.74. The molecule has 1 aliphatic rings. The predicted octanol–water partition coefficient (Wildman–Crippen LogP) is 4.56. The minimum atomic E-state index is 0.880. The van der Waals surface area contributed by atoms with Crippen molar-refractivity contribution in [3.05, 3.63) is 65.9 Å². The topological polar surface area (TPSA) is 24.7 Å². The summed E-state index contributed by atoms with van der Waals surface area (Å²) < 4.78 is 0. The number of rotatable bonds is 2. The van der Waals surface area contributed by atoms with E-state index in [2.05, 4.69) is 29.3 Å². The van der Waals surface area contributed by atoms with Gasteiger partial charge in [0.25, 0.3) is 0 Å². The Morgan fingerprint density at radius 2 is 1.88 bits per heavy atom. The largest absolute Gasteiger partial charge is 0.151 e. The molecule has 0 heterocycles. The maximum Gasteiger partial charge on any atom is 0.0857 e. The maximum absolute atomic E-state index is 4.21. The smallest absolute Gasteiger partial charge is 0.0857 e. The van der Waals surface area contributed by atoms with Crippen molar-refractivity contribution >= 4 is 5.69 Å². The molecule has 0 aliphatic heterocycles. The molecule has 1 aromatic carbocycles. The van der Waals surface area contributed by atoms with Gasteiger partial charge < -0.3 is 0 Å². The van der Waals surface area contributed by atoms with Crippen molar-refractivity contribution in [2.24, 2.45) is 10.2 Å². The summed E-state index contributed by atoms with van der Waals surface area (Å²) in [5, 5.41) is 8.39. The highest BCUT2D eigenvalue weighted by molar-refractivity contribution is 5.36. The van der Waals surface area contributed by atoms with E-state index < -0.39 is 0 Å². The van der Waals surface area contributed by atoms with Crippen molar-refractivity contribution in [2.45, 2.75) is 13.3 Å². The molecule has 16 heavy (non-hydrogen) atoms. The van der Waals surface area contributed by atoms with Gasteiger partial charge in [0, 0.05) is 0 Å². The summed E-state index contributed by atoms with van der Waals surface area (Å²) in [6, 6.07) is 9.76. The first-order valence-corrected chi connectivity index (χ1v) is 5.35. The van der Waals surface area contributed by atoms with Crippen molar-refractivity contribution in [3.63, 3.8) is 0 Å². The van der Waals surface area contributed by atoms with Gasteiger partial charge in [-0.15, -0.1) is 0 Å². The lowest BCUT2D eigenvalue weighted by Crippen LogP contribution is -1.72. The van der Waals surface area contributed by atoms with Gasteiger partial charge in [0.2, 0.25) is 0 Å². The first-order chi connectivity index (χ1) is 7.84. The number of benzene rings is 1. The first kappa shape index (κ1) is 10.6. The van der Waals surface area contributed by atoms with Crippen LogP contribution in [0, 0.1) is 0 Å². The molecule has 0 bridgehead atoms. The fraction of sp³-hybridized carbons (Fsp3) is 0.143. The summed E-state index contributed by atoms with van der Waals surface area (Å²) in [5.41, 5.74) is 3.13. The van der Waals surface area contributed by atoms with Crippen LogP contribution in [0.1, 0.15) is 13.3 Å². The van der Waals surface area contributed by atoms with Crippen molar-refractivity contribution in [3.8, 4) is 0 Å². The zero-order valence-electron chi connectivity index (χ0n) is 9.30. The van der Waals surface area contributed by atoms with Gasteiger partial charge >= 0.3 is 0 Å². The number of hydrogen-bond acceptors (Lipinski definition) is 2. The summed E-state index contributed by atoms with van der Waals surface area (Å²) in [7, 11) is 0. The van der Waals surface area contributed by atoms with Gasteiger partial charge in [-0.3, -0.25) is 0 Å². The minimum absolute atomic E-state index is 0.880. The highest BCUT2D eigenvalue weighted by Gasteiger charge is 1.94. The van der Waals surface area contributed by atoms with E-state index in [4.69, 9.17) is 0 Å². The molecule has 1 aliphatic carbocycles. The van der Waals surface area contributed by atoms with E-state index in [1.807, 2.05) is 42.5 Å². The number of nitrogens with zero attached hydrogens (tertiary/aromatic N) is 2. The maximum atomic E-state index is 4.21. The van der Waals surface area contributed by atoms with E-state index in [1.165, 1.54) is 5.57 Å². The van der Waals surface area contributed by atoms with Crippen LogP contribution in [0.4, 0.5) is 5.69 Å². The predicted molar refractivity (Wildman–Crippen MR) is 66.6 cm³/mol. The molecule has 0 unspecified atom stereocenters. The Balaban J connectivity index is 2.09. The molecule has 0 N–H and O–H groups in total. The summed E-state index contributed by atoms with van der Waals surface area (Å²) in [6.45, 7) is 2.11. The van der Waals surface area contributed by atoms with Gasteiger partial charge in [-0.05, 0) is 31.6 Å². The Morgan fingerprint density at radius 3 is 2.69 bits per heavy atom. The van der Waals surface area contributed by atoms with Crippen LogP contribution in [0.2, 0.25) is 0 Å². The Labute approximate surface area is 95.7 Å². The van der Waals surface area contributed by atoms with Gasteiger partial charge in [0.1, 0.15) is 0 Å². The van der Waals surface area contributed by atoms with Crippen molar-refractivity contribution in [1.29, 1.82) is 0 Å². The molecule has 0 radical (unpaired) electrons. The van der Waals surface area contributed by atoms with Crippen LogP contribution >= 0.6 is 0 Å². The zero-order valence-corrected chi connectivity index (χ0v) is 9.30. The van der Waals surface area contributed by atoms with Gasteiger partial charge in [-0.25, -0.2) is 0 Å². The molecule has 0 atom stereocenters. The average Bonchev–Trinajstić information content (AvgIpc) is 2.53. The Hall–Kier alpha value is -1.96. The van der Waals surface area contributed by atoms with E-state index >= 15 is 0 Å². The molecule has 0 amide bonds. The van der Waals surface area contributed by atoms with E-state index in [-0.39, 0.29) is 0 Å². The Kier molecular flexibility index (Phi) is 3.44. The van der Waals surface area contributed by atoms with Crippen LogP contribution < -0.4 is 0 Å². The quantitative estimate of drug-likeness (QED) is 0.639. The van der Waals surface area contributed by atoms with E-state index in [0.29, 0.717) is 0 Å². The van der Waals surface area contributed by atoms with Crippen LogP contribution in [0.25, 0.3) is 0 Å². The molecule has 0 spiro atoms. The van der Waals surface area contributed by atoms with Crippen LogP contribution in [0.15, 0.2) is 76.1 Å². The normalized spacial score (nSPS) is 15.8. The molecule has 1 aromatic rings. The fourth-order valence-electron chi connectivity index (χ4n) is 1.40. The highest BCUT2D eigenvalue weighted by atomic mass is 15.1. The zero-order chi connectivity index (χ0) is 11.2. The molecular weight excluding hydrogens is 196 g/mol. The third-order valence-electron chi connectivity index (χ3n) is 2.32. The van der Waals surface area contributed by atoms with E-state index in [0.717, 1.165) is 17.8 Å². The summed E-state index contributed by atoms with van der Waals surface area (Å²) in [4.78, 5) is 0. The summed E-state index contributed by atoms with van der Waals surface area (Å²) in [5.74, 6) is 0. The molecule has 0 saturated heterocycles. The highest BCUT2D eigenvalue weighted by Crippen LogP contribution is 2.16. The van der Waals surface area contributed by atoms with Gasteiger partial charge in [-0.2, -0.15) is 10.2 Å². The first-order valence-electron chi connectivity index (χ1n) is 5.35. The molecule has 0 saturated carbocycles. The van der Waals surface area contributed by atoms with Crippen molar-refractivity contribution in [1.82, 2.24) is 0 Å². The molecule has 0 fully saturated rings. The molecule has 80 valence electrons. The summed E-state index contributed by atoms with van der Waals surface area (Å²) >= 11 is 0. The lowest BCUT2D eigenvalue weighted by molar-refractivity contribution is 1.13. The molecule has 2 nitrogen and oxygen atoms in total. The van der Waals surface area contributed by atoms with Gasteiger partial charge in [-0.1, -0.05) is 42.0 Å². The lowest BCUT2D eigenvalue weighted by atomic mass is 10.2. The molecule has 2 heteroatoms. The number of azo groups is 1. The lowest BCUT2D eigenvalue weighted by Gasteiger charge is -1.93. The average molecular weight is 210 g/mol. The molecule has 0 aromatic heterocycles. The number of allylic oxidation sites excluding steroid dienone is 5. The van der Waals surface area contributed by atoms with Crippen LogP contribution in [-0.2, 0) is 0 Å². The van der Waals surface area contributed by atoms with Crippen LogP contribution in [0.5, 0.6) is 0 Å². The number of hydrogen-bond donors (Lipinski definition) is 0. The standard InChI is InChI=1S/C14H14N2/c1-12-6-5-9-14(11-10-12)16-15-13-7-3-2-4-8-13/h2-9,11H,10H2,1H3. The van der Waals surface area contributed by atoms with Gasteiger partial charge in [0.05, 0.1) is 11.4 Å². The third kappa shape index (κ3) is 3.02. The third-order valence-corrected chi connectivity index (χ3v) is 2.32. The minimum Gasteiger partial charge on any atom is -0.151 e. The van der Waals surface area contributed by atoms with E-state index in [9.17, 15) is 0 Å². The summed E-state index contributed by atoms with van der Waals surface area (Å²) in [6.07, 6.45) is 9.11. The van der Waals surface area contributed by atoms with E-state index in [1.54, 1.807) is 0 Å². The SMILES string of the molecule is CC1=CC=CC(N=Nc2ccccc2)=CC1. The van der Waals surface area contributed by atoms with Crippen LogP contribution in [-0.4, -0.2) is 0 Å². The van der Waals surface area contributed by atoms with Crippen molar-refractivity contribution < 1.29 is 0 Å². The monoisotopic (exact) mass is 210 g/mol. The van der Waals surface area contributed by atoms with Crippen LogP contribution in [0.3, 0.4) is 0 Å². The fourth-order valence-corrected chi connectivity index (χ4v) is 1.40.